The summed E-state index contributed by atoms with van der Waals surface area (Å²) >= 11 is 1.53. The number of nitrogens with zero attached hydrogens (tertiary/aromatic N) is 1. The van der Waals surface area contributed by atoms with E-state index in [1.807, 2.05) is 36.6 Å². The van der Waals surface area contributed by atoms with Crippen molar-refractivity contribution >= 4 is 35.5 Å². The molecule has 9 nitrogen and oxygen atoms in total. The second kappa shape index (κ2) is 12.4. The van der Waals surface area contributed by atoms with Crippen molar-refractivity contribution < 1.29 is 24.3 Å². The molecule has 176 valence electrons. The summed E-state index contributed by atoms with van der Waals surface area (Å²) in [5.41, 5.74) is 6.95. The summed E-state index contributed by atoms with van der Waals surface area (Å²) in [6, 6.07) is 5.91. The Balaban J connectivity index is 1.98. The molecule has 10 heteroatoms. The third-order valence-electron chi connectivity index (χ3n) is 5.43. The number of likely N-dealkylation sites (tertiary alicyclic amines) is 1. The van der Waals surface area contributed by atoms with Crippen LogP contribution in [0, 0.1) is 0 Å². The number of nitrogens with one attached hydrogen (secondary N) is 2. The number of nitrogens with two attached hydrogens (primary N) is 1. The predicted octanol–water partition coefficient (Wildman–Crippen LogP) is 0.375. The second-order valence-corrected chi connectivity index (χ2v) is 8.88. The van der Waals surface area contributed by atoms with E-state index in [4.69, 9.17) is 5.73 Å². The lowest BCUT2D eigenvalue weighted by molar-refractivity contribution is -0.149. The van der Waals surface area contributed by atoms with Gasteiger partial charge >= 0.3 is 5.97 Å². The Hall–Kier alpha value is -2.59. The fourth-order valence-electron chi connectivity index (χ4n) is 3.66. The third-order valence-corrected chi connectivity index (χ3v) is 6.07. The maximum atomic E-state index is 12.8. The van der Waals surface area contributed by atoms with E-state index in [1.54, 1.807) is 0 Å². The molecule has 1 aliphatic rings. The van der Waals surface area contributed by atoms with Gasteiger partial charge in [0.1, 0.15) is 18.1 Å². The van der Waals surface area contributed by atoms with Gasteiger partial charge in [-0.1, -0.05) is 30.3 Å². The molecule has 1 aromatic rings. The van der Waals surface area contributed by atoms with Crippen LogP contribution in [-0.4, -0.2) is 76.4 Å². The Kier molecular flexibility index (Phi) is 9.98. The highest BCUT2D eigenvalue weighted by Gasteiger charge is 2.36. The first-order chi connectivity index (χ1) is 15.2. The molecule has 1 aromatic carbocycles. The number of hydrogen-bond donors (Lipinski definition) is 4. The number of carbonyl (C=O) groups excluding carboxylic acids is 3. The van der Waals surface area contributed by atoms with E-state index >= 15 is 0 Å². The van der Waals surface area contributed by atoms with Gasteiger partial charge in [0.05, 0.1) is 6.04 Å². The molecule has 4 atom stereocenters. The van der Waals surface area contributed by atoms with Gasteiger partial charge in [0.2, 0.25) is 17.7 Å². The maximum Gasteiger partial charge on any atom is 0.326 e. The number of carboxylic acids is 1. The lowest BCUT2D eigenvalue weighted by atomic mass is 10.1. The average Bonchev–Trinajstić information content (AvgIpc) is 3.26. The lowest BCUT2D eigenvalue weighted by Crippen LogP contribution is -2.56. The van der Waals surface area contributed by atoms with Crippen molar-refractivity contribution in [1.29, 1.82) is 0 Å². The molecular weight excluding hydrogens is 432 g/mol. The minimum Gasteiger partial charge on any atom is -0.480 e. The minimum atomic E-state index is -1.05. The fourth-order valence-corrected chi connectivity index (χ4v) is 4.13. The van der Waals surface area contributed by atoms with Crippen LogP contribution in [0.2, 0.25) is 0 Å². The Labute approximate surface area is 192 Å². The third kappa shape index (κ3) is 7.23. The second-order valence-electron chi connectivity index (χ2n) is 7.90. The minimum absolute atomic E-state index is 0.337. The van der Waals surface area contributed by atoms with Gasteiger partial charge in [0.25, 0.3) is 0 Å². The first-order valence-corrected chi connectivity index (χ1v) is 12.1. The number of carboxylic acid groups (broad SMARTS) is 1. The molecule has 32 heavy (non-hydrogen) atoms. The summed E-state index contributed by atoms with van der Waals surface area (Å²) in [4.78, 5) is 50.8. The molecule has 5 N–H and O–H groups in total. The number of thioether (sulfide) groups is 1. The van der Waals surface area contributed by atoms with E-state index in [9.17, 15) is 24.3 Å². The van der Waals surface area contributed by atoms with Gasteiger partial charge in [-0.15, -0.1) is 0 Å². The highest BCUT2D eigenvalue weighted by Crippen LogP contribution is 2.18. The number of amides is 3. The lowest BCUT2D eigenvalue weighted by Gasteiger charge is -2.27. The van der Waals surface area contributed by atoms with Crippen molar-refractivity contribution in [1.82, 2.24) is 15.5 Å². The molecule has 0 aromatic heterocycles. The van der Waals surface area contributed by atoms with Crippen molar-refractivity contribution in [2.75, 3.05) is 18.6 Å². The number of rotatable bonds is 11. The number of aliphatic carboxylic acids is 1. The summed E-state index contributed by atoms with van der Waals surface area (Å²) in [5, 5.41) is 14.6. The first kappa shape index (κ1) is 25.7. The summed E-state index contributed by atoms with van der Waals surface area (Å²) in [5.74, 6) is -1.81. The van der Waals surface area contributed by atoms with E-state index in [0.29, 0.717) is 38.0 Å². The van der Waals surface area contributed by atoms with E-state index in [0.717, 1.165) is 5.56 Å². The molecule has 4 unspecified atom stereocenters. The van der Waals surface area contributed by atoms with Crippen molar-refractivity contribution in [3.8, 4) is 0 Å². The van der Waals surface area contributed by atoms with Crippen molar-refractivity contribution in [3.05, 3.63) is 35.9 Å². The number of hydrogen-bond acceptors (Lipinski definition) is 6. The normalized spacial score (nSPS) is 18.5. The van der Waals surface area contributed by atoms with Crippen molar-refractivity contribution in [2.45, 2.75) is 56.8 Å². The molecule has 0 saturated carbocycles. The topological polar surface area (TPSA) is 142 Å². The van der Waals surface area contributed by atoms with Gasteiger partial charge in [-0.3, -0.25) is 14.4 Å². The molecular formula is C22H32N4O5S. The Morgan fingerprint density at radius 2 is 1.88 bits per heavy atom. The molecule has 1 heterocycles. The molecule has 0 bridgehead atoms. The largest absolute Gasteiger partial charge is 0.480 e. The molecule has 1 fully saturated rings. The smallest absolute Gasteiger partial charge is 0.326 e. The van der Waals surface area contributed by atoms with Crippen LogP contribution in [-0.2, 0) is 25.6 Å². The van der Waals surface area contributed by atoms with E-state index < -0.39 is 47.9 Å². The molecule has 2 rings (SSSR count). The van der Waals surface area contributed by atoms with Crippen LogP contribution >= 0.6 is 11.8 Å². The molecule has 0 aliphatic carbocycles. The molecule has 1 saturated heterocycles. The van der Waals surface area contributed by atoms with E-state index in [-0.39, 0.29) is 0 Å². The van der Waals surface area contributed by atoms with Crippen LogP contribution in [0.15, 0.2) is 30.3 Å². The Morgan fingerprint density at radius 1 is 1.19 bits per heavy atom. The Morgan fingerprint density at radius 3 is 2.50 bits per heavy atom. The quantitative estimate of drug-likeness (QED) is 0.371. The number of carbonyl (C=O) groups is 4. The average molecular weight is 465 g/mol. The predicted molar refractivity (Wildman–Crippen MR) is 123 cm³/mol. The fraction of sp³-hybridized carbons (Fsp3) is 0.545. The zero-order valence-electron chi connectivity index (χ0n) is 18.5. The van der Waals surface area contributed by atoms with Gasteiger partial charge < -0.3 is 26.4 Å². The van der Waals surface area contributed by atoms with Crippen LogP contribution < -0.4 is 16.4 Å². The highest BCUT2D eigenvalue weighted by molar-refractivity contribution is 7.98. The van der Waals surface area contributed by atoms with Gasteiger partial charge in [0.15, 0.2) is 0 Å². The molecule has 3 amide bonds. The summed E-state index contributed by atoms with van der Waals surface area (Å²) in [7, 11) is 0. The first-order valence-electron chi connectivity index (χ1n) is 10.7. The van der Waals surface area contributed by atoms with Gasteiger partial charge in [-0.05, 0) is 50.2 Å². The summed E-state index contributed by atoms with van der Waals surface area (Å²) in [6.07, 6.45) is 3.61. The monoisotopic (exact) mass is 464 g/mol. The maximum absolute atomic E-state index is 12.8. The van der Waals surface area contributed by atoms with E-state index in [1.165, 1.54) is 23.6 Å². The standard InChI is InChI=1S/C22H32N4O5S/c1-14(21(29)26-11-6-9-18(26)22(30)31)24-20(28)17(10-12-32-2)25-19(27)16(23)13-15-7-4-3-5-8-15/h3-5,7-8,14,16-18H,6,9-13,23H2,1-2H3,(H,24,28)(H,25,27)(H,30,31). The van der Waals surface area contributed by atoms with E-state index in [2.05, 4.69) is 10.6 Å². The zero-order valence-corrected chi connectivity index (χ0v) is 19.3. The number of benzene rings is 1. The molecule has 0 spiro atoms. The SMILES string of the molecule is CSCCC(NC(=O)C(N)Cc1ccccc1)C(=O)NC(C)C(=O)N1CCCC1C(=O)O. The van der Waals surface area contributed by atoms with Crippen LogP contribution in [0.1, 0.15) is 31.7 Å². The van der Waals surface area contributed by atoms with Gasteiger partial charge in [-0.25, -0.2) is 4.79 Å². The molecule has 1 aliphatic heterocycles. The summed E-state index contributed by atoms with van der Waals surface area (Å²) < 4.78 is 0. The van der Waals surface area contributed by atoms with Crippen molar-refractivity contribution in [3.63, 3.8) is 0 Å². The highest BCUT2D eigenvalue weighted by atomic mass is 32.2. The van der Waals surface area contributed by atoms with Gasteiger partial charge in [-0.2, -0.15) is 11.8 Å². The Bertz CT molecular complexity index is 807. The van der Waals surface area contributed by atoms with Crippen LogP contribution in [0.5, 0.6) is 0 Å². The van der Waals surface area contributed by atoms with Gasteiger partial charge in [0, 0.05) is 6.54 Å². The van der Waals surface area contributed by atoms with Crippen LogP contribution in [0.4, 0.5) is 0 Å². The molecule has 0 radical (unpaired) electrons. The summed E-state index contributed by atoms with van der Waals surface area (Å²) in [6.45, 7) is 1.86. The van der Waals surface area contributed by atoms with Crippen LogP contribution in [0.25, 0.3) is 0 Å². The zero-order chi connectivity index (χ0) is 23.7. The van der Waals surface area contributed by atoms with Crippen LogP contribution in [0.3, 0.4) is 0 Å². The van der Waals surface area contributed by atoms with Crippen molar-refractivity contribution in [2.24, 2.45) is 5.73 Å².